The number of nitrogens with one attached hydrogen (secondary N) is 1. The van der Waals surface area contributed by atoms with Gasteiger partial charge < -0.3 is 9.88 Å². The lowest BCUT2D eigenvalue weighted by molar-refractivity contribution is 0.810. The monoisotopic (exact) mass is 211 g/mol. The molecule has 0 unspecified atom stereocenters. The Kier molecular flexibility index (Phi) is 2.22. The maximum Gasteiger partial charge on any atom is 0.116 e. The van der Waals surface area contributed by atoms with Gasteiger partial charge in [-0.1, -0.05) is 30.3 Å². The molecule has 0 saturated carbocycles. The van der Waals surface area contributed by atoms with Gasteiger partial charge in [-0.3, -0.25) is 4.99 Å². The van der Waals surface area contributed by atoms with Crippen molar-refractivity contribution in [1.29, 1.82) is 0 Å². The number of rotatable bonds is 2. The van der Waals surface area contributed by atoms with Gasteiger partial charge in [-0.05, 0) is 11.6 Å². The van der Waals surface area contributed by atoms with Gasteiger partial charge in [0.15, 0.2) is 0 Å². The number of aliphatic imine (C=N–C) groups is 1. The second kappa shape index (κ2) is 3.85. The highest BCUT2D eigenvalue weighted by Gasteiger charge is 2.10. The quantitative estimate of drug-likeness (QED) is 0.812. The van der Waals surface area contributed by atoms with Crippen LogP contribution in [0, 0.1) is 0 Å². The Balaban J connectivity index is 1.89. The second-order valence-electron chi connectivity index (χ2n) is 3.92. The fourth-order valence-corrected chi connectivity index (χ4v) is 1.98. The van der Waals surface area contributed by atoms with Crippen molar-refractivity contribution in [2.75, 3.05) is 5.32 Å². The minimum absolute atomic E-state index is 0.782. The fraction of sp³-hybridized carbons (Fsp3) is 0.154. The Morgan fingerprint density at radius 2 is 2.06 bits per heavy atom. The maximum absolute atomic E-state index is 4.19. The first-order valence-corrected chi connectivity index (χ1v) is 5.40. The first-order valence-electron chi connectivity index (χ1n) is 5.40. The van der Waals surface area contributed by atoms with Crippen molar-refractivity contribution < 1.29 is 0 Å². The highest BCUT2D eigenvalue weighted by molar-refractivity contribution is 5.78. The summed E-state index contributed by atoms with van der Waals surface area (Å²) >= 11 is 0. The predicted molar refractivity (Wildman–Crippen MR) is 65.8 cm³/mol. The molecule has 1 aromatic carbocycles. The van der Waals surface area contributed by atoms with Crippen molar-refractivity contribution in [2.45, 2.75) is 13.1 Å². The molecule has 3 rings (SSSR count). The van der Waals surface area contributed by atoms with Gasteiger partial charge in [0.25, 0.3) is 0 Å². The summed E-state index contributed by atoms with van der Waals surface area (Å²) in [6.45, 7) is 1.68. The number of benzene rings is 1. The highest BCUT2D eigenvalue weighted by Crippen LogP contribution is 2.21. The van der Waals surface area contributed by atoms with Gasteiger partial charge in [-0.25, -0.2) is 0 Å². The van der Waals surface area contributed by atoms with E-state index < -0.39 is 0 Å². The molecule has 0 atom stereocenters. The number of hydrogen-bond acceptors (Lipinski definition) is 2. The maximum atomic E-state index is 4.19. The summed E-state index contributed by atoms with van der Waals surface area (Å²) in [7, 11) is 0. The molecule has 1 aromatic heterocycles. The minimum atomic E-state index is 0.782. The first kappa shape index (κ1) is 9.21. The molecule has 3 heteroatoms. The summed E-state index contributed by atoms with van der Waals surface area (Å²) in [6.07, 6.45) is 3.88. The average Bonchev–Trinajstić information content (AvgIpc) is 2.74. The average molecular weight is 211 g/mol. The second-order valence-corrected chi connectivity index (χ2v) is 3.92. The van der Waals surface area contributed by atoms with E-state index in [0.29, 0.717) is 0 Å². The number of aromatic nitrogens is 1. The Hall–Kier alpha value is -2.03. The molecule has 0 bridgehead atoms. The van der Waals surface area contributed by atoms with Crippen molar-refractivity contribution in [3.63, 3.8) is 0 Å². The molecule has 0 radical (unpaired) electrons. The molecule has 80 valence electrons. The van der Waals surface area contributed by atoms with Crippen LogP contribution in [0.4, 0.5) is 5.82 Å². The van der Waals surface area contributed by atoms with Crippen LogP contribution < -0.4 is 5.32 Å². The van der Waals surface area contributed by atoms with Gasteiger partial charge in [0, 0.05) is 18.3 Å². The van der Waals surface area contributed by atoms with E-state index in [9.17, 15) is 0 Å². The van der Waals surface area contributed by atoms with E-state index in [0.717, 1.165) is 13.1 Å². The van der Waals surface area contributed by atoms with Gasteiger partial charge in [0.05, 0.1) is 12.9 Å². The van der Waals surface area contributed by atoms with Crippen molar-refractivity contribution in [3.05, 3.63) is 53.7 Å². The van der Waals surface area contributed by atoms with E-state index in [1.54, 1.807) is 6.34 Å². The van der Waals surface area contributed by atoms with E-state index in [-0.39, 0.29) is 0 Å². The number of fused-ring (bicyclic) bond motifs is 1. The summed E-state index contributed by atoms with van der Waals surface area (Å²) < 4.78 is 2.22. The van der Waals surface area contributed by atoms with Gasteiger partial charge >= 0.3 is 0 Å². The highest BCUT2D eigenvalue weighted by atomic mass is 15.1. The van der Waals surface area contributed by atoms with E-state index in [1.165, 1.54) is 16.9 Å². The third-order valence-corrected chi connectivity index (χ3v) is 2.80. The van der Waals surface area contributed by atoms with Crippen molar-refractivity contribution in [1.82, 2.24) is 4.57 Å². The first-order chi connectivity index (χ1) is 7.93. The van der Waals surface area contributed by atoms with Gasteiger partial charge in [0.1, 0.15) is 5.82 Å². The topological polar surface area (TPSA) is 29.3 Å². The number of hydrogen-bond donors (Lipinski definition) is 1. The lowest BCUT2D eigenvalue weighted by Crippen LogP contribution is -2.10. The predicted octanol–water partition coefficient (Wildman–Crippen LogP) is 2.49. The lowest BCUT2D eigenvalue weighted by atomic mass is 10.2. The van der Waals surface area contributed by atoms with Crippen LogP contribution in [-0.2, 0) is 13.1 Å². The van der Waals surface area contributed by atoms with Gasteiger partial charge in [-0.15, -0.1) is 0 Å². The Labute approximate surface area is 94.4 Å². The summed E-state index contributed by atoms with van der Waals surface area (Å²) in [6, 6.07) is 12.6. The third kappa shape index (κ3) is 1.60. The van der Waals surface area contributed by atoms with Crippen LogP contribution in [0.15, 0.2) is 47.6 Å². The molecule has 0 spiro atoms. The van der Waals surface area contributed by atoms with Crippen LogP contribution in [0.1, 0.15) is 11.1 Å². The molecule has 16 heavy (non-hydrogen) atoms. The van der Waals surface area contributed by atoms with Crippen LogP contribution in [0.2, 0.25) is 0 Å². The lowest BCUT2D eigenvalue weighted by Gasteiger charge is -2.13. The SMILES string of the molecule is C1=NCc2ccn(Cc3ccccc3)c2N1. The Morgan fingerprint density at radius 1 is 1.19 bits per heavy atom. The molecule has 0 fully saturated rings. The normalized spacial score (nSPS) is 13.2. The Bertz CT molecular complexity index is 511. The van der Waals surface area contributed by atoms with Crippen molar-refractivity contribution in [2.24, 2.45) is 4.99 Å². The van der Waals surface area contributed by atoms with Crippen LogP contribution in [0.3, 0.4) is 0 Å². The zero-order valence-electron chi connectivity index (χ0n) is 8.93. The molecule has 0 amide bonds. The Morgan fingerprint density at radius 3 is 2.94 bits per heavy atom. The fourth-order valence-electron chi connectivity index (χ4n) is 1.98. The number of anilines is 1. The summed E-state index contributed by atoms with van der Waals surface area (Å²) in [5.41, 5.74) is 2.57. The smallest absolute Gasteiger partial charge is 0.116 e. The molecule has 1 N–H and O–H groups in total. The standard InChI is InChI=1S/C13H13N3/c1-2-4-11(5-3-1)9-16-7-6-12-8-14-10-15-13(12)16/h1-7,10H,8-9H2,(H,14,15). The molecule has 0 saturated heterocycles. The zero-order valence-corrected chi connectivity index (χ0v) is 8.93. The molecular weight excluding hydrogens is 198 g/mol. The molecule has 1 aliphatic rings. The minimum Gasteiger partial charge on any atom is -0.333 e. The zero-order chi connectivity index (χ0) is 10.8. The molecule has 3 nitrogen and oxygen atoms in total. The molecule has 0 aliphatic carbocycles. The van der Waals surface area contributed by atoms with Crippen molar-refractivity contribution >= 4 is 12.2 Å². The van der Waals surface area contributed by atoms with Crippen LogP contribution >= 0.6 is 0 Å². The van der Waals surface area contributed by atoms with Crippen LogP contribution in [0.25, 0.3) is 0 Å². The van der Waals surface area contributed by atoms with Crippen LogP contribution in [-0.4, -0.2) is 10.9 Å². The van der Waals surface area contributed by atoms with Gasteiger partial charge in [0.2, 0.25) is 0 Å². The molecule has 2 aromatic rings. The van der Waals surface area contributed by atoms with Crippen molar-refractivity contribution in [3.8, 4) is 0 Å². The van der Waals surface area contributed by atoms with E-state index in [4.69, 9.17) is 0 Å². The molecule has 2 heterocycles. The summed E-state index contributed by atoms with van der Waals surface area (Å²) in [5.74, 6) is 1.17. The van der Waals surface area contributed by atoms with E-state index >= 15 is 0 Å². The van der Waals surface area contributed by atoms with Crippen LogP contribution in [0.5, 0.6) is 0 Å². The molecular formula is C13H13N3. The number of nitrogens with zero attached hydrogens (tertiary/aromatic N) is 2. The summed E-state index contributed by atoms with van der Waals surface area (Å²) in [4.78, 5) is 4.19. The molecule has 1 aliphatic heterocycles. The van der Waals surface area contributed by atoms with E-state index in [2.05, 4.69) is 51.4 Å². The van der Waals surface area contributed by atoms with Gasteiger partial charge in [-0.2, -0.15) is 0 Å². The van der Waals surface area contributed by atoms with E-state index in [1.807, 2.05) is 6.07 Å². The largest absolute Gasteiger partial charge is 0.333 e. The third-order valence-electron chi connectivity index (χ3n) is 2.80. The summed E-state index contributed by atoms with van der Waals surface area (Å²) in [5, 5.41) is 3.20.